The van der Waals surface area contributed by atoms with Gasteiger partial charge >= 0.3 is 0 Å². The lowest BCUT2D eigenvalue weighted by molar-refractivity contribution is 0.00606. The van der Waals surface area contributed by atoms with E-state index in [4.69, 9.17) is 9.47 Å². The van der Waals surface area contributed by atoms with Crippen LogP contribution in [0.1, 0.15) is 72.7 Å². The Bertz CT molecular complexity index is 627. The Hall–Kier alpha value is -1.67. The predicted molar refractivity (Wildman–Crippen MR) is 114 cm³/mol. The van der Waals surface area contributed by atoms with E-state index in [-0.39, 0.29) is 22.4 Å². The van der Waals surface area contributed by atoms with Crippen LogP contribution in [-0.4, -0.2) is 51.7 Å². The van der Waals surface area contributed by atoms with Crippen LogP contribution in [0.2, 0.25) is 0 Å². The molecule has 0 heterocycles. The molecule has 7 heteroatoms. The van der Waals surface area contributed by atoms with E-state index >= 15 is 0 Å². The Labute approximate surface area is 174 Å². The first-order chi connectivity index (χ1) is 13.1. The second-order valence-electron chi connectivity index (χ2n) is 9.53. The Kier molecular flexibility index (Phi) is 8.65. The van der Waals surface area contributed by atoms with Gasteiger partial charge in [0.15, 0.2) is 18.2 Å². The second-order valence-corrected chi connectivity index (χ2v) is 9.53. The van der Waals surface area contributed by atoms with Crippen molar-refractivity contribution < 1.29 is 24.5 Å². The molecule has 0 aliphatic heterocycles. The fraction of sp³-hybridized carbons (Fsp3) is 0.682. The number of aliphatic hydroxyl groups is 2. The Balaban J connectivity index is 3.27. The van der Waals surface area contributed by atoms with Gasteiger partial charge in [-0.15, -0.1) is 0 Å². The first-order valence-corrected chi connectivity index (χ1v) is 9.99. The van der Waals surface area contributed by atoms with Gasteiger partial charge in [-0.3, -0.25) is 15.4 Å². The fourth-order valence-electron chi connectivity index (χ4n) is 2.68. The minimum atomic E-state index is -0.814. The summed E-state index contributed by atoms with van der Waals surface area (Å²) in [6.07, 6.45) is -3.06. The second kappa shape index (κ2) is 9.89. The molecule has 4 atom stereocenters. The van der Waals surface area contributed by atoms with Crippen LogP contribution in [0.3, 0.4) is 0 Å². The lowest BCUT2D eigenvalue weighted by atomic mass is 10.1. The van der Waals surface area contributed by atoms with E-state index in [0.29, 0.717) is 11.5 Å². The molecule has 0 aromatic heterocycles. The van der Waals surface area contributed by atoms with Gasteiger partial charge in [-0.05, 0) is 74.4 Å². The fourth-order valence-corrected chi connectivity index (χ4v) is 2.68. The third-order valence-electron chi connectivity index (χ3n) is 3.87. The molecule has 0 spiro atoms. The average Bonchev–Trinajstić information content (AvgIpc) is 2.50. The molecule has 7 nitrogen and oxygen atoms in total. The number of hydrogen-bond acceptors (Lipinski definition) is 7. The molecule has 0 aliphatic rings. The molecule has 0 fully saturated rings. The minimum absolute atomic E-state index is 0.240. The Morgan fingerprint density at radius 1 is 0.862 bits per heavy atom. The number of hydrogen-bond donors (Lipinski definition) is 4. The van der Waals surface area contributed by atoms with E-state index in [1.807, 2.05) is 41.5 Å². The summed E-state index contributed by atoms with van der Waals surface area (Å²) in [5.74, 6) is 0.367. The Morgan fingerprint density at radius 3 is 1.45 bits per heavy atom. The van der Waals surface area contributed by atoms with Crippen molar-refractivity contribution in [3.63, 3.8) is 0 Å². The van der Waals surface area contributed by atoms with Gasteiger partial charge in [0.2, 0.25) is 0 Å². The van der Waals surface area contributed by atoms with Gasteiger partial charge in [-0.2, -0.15) is 0 Å². The van der Waals surface area contributed by atoms with Crippen molar-refractivity contribution in [1.82, 2.24) is 10.6 Å². The number of ether oxygens (including phenoxy) is 2. The van der Waals surface area contributed by atoms with Crippen molar-refractivity contribution in [2.75, 3.05) is 0 Å². The van der Waals surface area contributed by atoms with Crippen LogP contribution in [0.4, 0.5) is 0 Å². The summed E-state index contributed by atoms with van der Waals surface area (Å²) in [6.45, 7) is 16.4. The molecule has 0 aliphatic carbocycles. The zero-order valence-electron chi connectivity index (χ0n) is 19.2. The highest BCUT2D eigenvalue weighted by Gasteiger charge is 2.28. The van der Waals surface area contributed by atoms with Crippen LogP contribution >= 0.6 is 0 Å². The van der Waals surface area contributed by atoms with E-state index < -0.39 is 24.7 Å². The van der Waals surface area contributed by atoms with Crippen LogP contribution in [0, 0.1) is 0 Å². The molecule has 29 heavy (non-hydrogen) atoms. The van der Waals surface area contributed by atoms with Crippen molar-refractivity contribution in [2.24, 2.45) is 0 Å². The summed E-state index contributed by atoms with van der Waals surface area (Å²) >= 11 is 0. The van der Waals surface area contributed by atoms with Crippen molar-refractivity contribution in [2.45, 2.75) is 98.1 Å². The summed E-state index contributed by atoms with van der Waals surface area (Å²) < 4.78 is 12.0. The smallest absolute Gasteiger partial charge is 0.176 e. The van der Waals surface area contributed by atoms with Gasteiger partial charge in [0.1, 0.15) is 29.3 Å². The molecule has 1 rings (SSSR count). The highest BCUT2D eigenvalue weighted by atomic mass is 16.5. The third-order valence-corrected chi connectivity index (χ3v) is 3.87. The highest BCUT2D eigenvalue weighted by Crippen LogP contribution is 2.31. The van der Waals surface area contributed by atoms with Crippen LogP contribution in [0.15, 0.2) is 18.2 Å². The molecule has 1 aromatic rings. The number of aliphatic hydroxyl groups excluding tert-OH is 2. The number of Topliss-reactive ketones (excluding diaryl/α,β-unsaturated/α-hetero) is 1. The van der Waals surface area contributed by atoms with Gasteiger partial charge in [0.05, 0.1) is 0 Å². The van der Waals surface area contributed by atoms with Gasteiger partial charge in [-0.25, -0.2) is 0 Å². The third kappa shape index (κ3) is 8.70. The first kappa shape index (κ1) is 25.4. The van der Waals surface area contributed by atoms with E-state index in [1.165, 1.54) is 6.92 Å². The number of rotatable bonds is 9. The molecule has 0 amide bonds. The molecule has 0 saturated heterocycles. The van der Waals surface area contributed by atoms with E-state index in [2.05, 4.69) is 10.6 Å². The van der Waals surface area contributed by atoms with Crippen molar-refractivity contribution in [1.29, 1.82) is 0 Å². The van der Waals surface area contributed by atoms with Gasteiger partial charge in [0, 0.05) is 11.1 Å². The van der Waals surface area contributed by atoms with Crippen LogP contribution in [0.25, 0.3) is 0 Å². The van der Waals surface area contributed by atoms with Gasteiger partial charge in [0.25, 0.3) is 0 Å². The van der Waals surface area contributed by atoms with Crippen LogP contribution < -0.4 is 20.1 Å². The molecule has 166 valence electrons. The molecule has 1 aromatic carbocycles. The summed E-state index contributed by atoms with van der Waals surface area (Å²) in [4.78, 5) is 12.4. The zero-order valence-corrected chi connectivity index (χ0v) is 19.2. The van der Waals surface area contributed by atoms with Crippen molar-refractivity contribution >= 4 is 5.78 Å². The molecule has 0 radical (unpaired) electrons. The number of ketones is 1. The molecular weight excluding hydrogens is 372 g/mol. The maximum atomic E-state index is 12.4. The predicted octanol–water partition coefficient (Wildman–Crippen LogP) is 2.84. The summed E-state index contributed by atoms with van der Waals surface area (Å²) in [5.41, 5.74) is -0.351. The molecular formula is C22H38N2O5. The van der Waals surface area contributed by atoms with E-state index in [9.17, 15) is 15.0 Å². The van der Waals surface area contributed by atoms with Gasteiger partial charge < -0.3 is 19.7 Å². The topological polar surface area (TPSA) is 100 Å². The van der Waals surface area contributed by atoms with Crippen LogP contribution in [-0.2, 0) is 0 Å². The standard InChI is InChI=1S/C22H38N2O5/c1-13(25)18-16(28-19(14(2)26)23-21(4,5)6)11-10-12-17(18)29-20(15(3)27)24-22(7,8)9/h10-12,14-15,19-20,23-24,26-27H,1-9H3. The van der Waals surface area contributed by atoms with Crippen molar-refractivity contribution in [3.05, 3.63) is 23.8 Å². The van der Waals surface area contributed by atoms with Gasteiger partial charge in [-0.1, -0.05) is 6.07 Å². The molecule has 0 saturated carbocycles. The number of nitrogens with one attached hydrogen (secondary N) is 2. The molecule has 4 N–H and O–H groups in total. The SMILES string of the molecule is CC(=O)c1c(OC(NC(C)(C)C)C(C)O)cccc1OC(NC(C)(C)C)C(C)O. The average molecular weight is 411 g/mol. The molecule has 4 unspecified atom stereocenters. The lowest BCUT2D eigenvalue weighted by Crippen LogP contribution is -2.52. The number of benzene rings is 1. The van der Waals surface area contributed by atoms with E-state index in [1.54, 1.807) is 32.0 Å². The summed E-state index contributed by atoms with van der Waals surface area (Å²) in [5, 5.41) is 26.7. The highest BCUT2D eigenvalue weighted by molar-refractivity contribution is 5.99. The monoisotopic (exact) mass is 410 g/mol. The van der Waals surface area contributed by atoms with Crippen LogP contribution in [0.5, 0.6) is 11.5 Å². The summed E-state index contributed by atoms with van der Waals surface area (Å²) in [7, 11) is 0. The normalized spacial score (nSPS) is 16.7. The quantitative estimate of drug-likeness (QED) is 0.367. The summed E-state index contributed by atoms with van der Waals surface area (Å²) in [6, 6.07) is 5.04. The molecule has 0 bridgehead atoms. The number of carbonyl (C=O) groups is 1. The lowest BCUT2D eigenvalue weighted by Gasteiger charge is -2.32. The zero-order chi connectivity index (χ0) is 22.6. The van der Waals surface area contributed by atoms with Crippen molar-refractivity contribution in [3.8, 4) is 11.5 Å². The maximum absolute atomic E-state index is 12.4. The van der Waals surface area contributed by atoms with E-state index in [0.717, 1.165) is 0 Å². The first-order valence-electron chi connectivity index (χ1n) is 9.99. The minimum Gasteiger partial charge on any atom is -0.472 e. The number of carbonyl (C=O) groups excluding carboxylic acids is 1. The largest absolute Gasteiger partial charge is 0.472 e. The maximum Gasteiger partial charge on any atom is 0.176 e. The Morgan fingerprint density at radius 2 is 1.21 bits per heavy atom.